The molecule has 4 nitrogen and oxygen atoms in total. The molecule has 0 aliphatic rings. The van der Waals surface area contributed by atoms with Gasteiger partial charge in [-0.25, -0.2) is 4.79 Å². The van der Waals surface area contributed by atoms with Crippen LogP contribution in [0.2, 0.25) is 0 Å². The first-order chi connectivity index (χ1) is 7.91. The molecule has 4 heteroatoms. The second-order valence-corrected chi connectivity index (χ2v) is 4.40. The van der Waals surface area contributed by atoms with Crippen molar-refractivity contribution in [2.75, 3.05) is 7.05 Å². The van der Waals surface area contributed by atoms with E-state index in [1.807, 2.05) is 18.9 Å². The average Bonchev–Trinajstić information content (AvgIpc) is 2.28. The number of likely N-dealkylation sites (N-methyl/N-ethyl adjacent to an activating group) is 1. The molecule has 0 aliphatic carbocycles. The summed E-state index contributed by atoms with van der Waals surface area (Å²) in [4.78, 5) is 12.7. The van der Waals surface area contributed by atoms with Gasteiger partial charge in [-0.05, 0) is 38.6 Å². The molecule has 1 rings (SSSR count). The summed E-state index contributed by atoms with van der Waals surface area (Å²) in [6.07, 6.45) is -0.390. The number of rotatable bonds is 5. The molecule has 2 unspecified atom stereocenters. The molecule has 0 amide bonds. The van der Waals surface area contributed by atoms with Gasteiger partial charge in [0.1, 0.15) is 0 Å². The number of benzene rings is 1. The van der Waals surface area contributed by atoms with E-state index in [9.17, 15) is 9.90 Å². The number of carboxylic acids is 1. The first kappa shape index (κ1) is 13.7. The van der Waals surface area contributed by atoms with Crippen molar-refractivity contribution in [3.63, 3.8) is 0 Å². The van der Waals surface area contributed by atoms with Gasteiger partial charge in [0.25, 0.3) is 0 Å². The predicted molar refractivity (Wildman–Crippen MR) is 66.0 cm³/mol. The zero-order valence-corrected chi connectivity index (χ0v) is 10.4. The van der Waals surface area contributed by atoms with E-state index >= 15 is 0 Å². The van der Waals surface area contributed by atoms with E-state index in [0.717, 1.165) is 5.56 Å². The van der Waals surface area contributed by atoms with Gasteiger partial charge in [0.15, 0.2) is 0 Å². The summed E-state index contributed by atoms with van der Waals surface area (Å²) >= 11 is 0. The third-order valence-corrected chi connectivity index (χ3v) is 3.03. The zero-order chi connectivity index (χ0) is 13.0. The molecule has 0 heterocycles. The number of aliphatic hydroxyl groups is 1. The van der Waals surface area contributed by atoms with Crippen LogP contribution in [0.5, 0.6) is 0 Å². The van der Waals surface area contributed by atoms with Crippen LogP contribution in [-0.4, -0.2) is 40.3 Å². The Kier molecular flexibility index (Phi) is 4.66. The molecular formula is C13H19NO3. The molecule has 2 atom stereocenters. The Morgan fingerprint density at radius 2 is 1.82 bits per heavy atom. The summed E-state index contributed by atoms with van der Waals surface area (Å²) in [5.41, 5.74) is 1.32. The molecule has 0 saturated heterocycles. The van der Waals surface area contributed by atoms with Crippen LogP contribution in [0.25, 0.3) is 0 Å². The van der Waals surface area contributed by atoms with Gasteiger partial charge in [0, 0.05) is 12.6 Å². The maximum Gasteiger partial charge on any atom is 0.335 e. The van der Waals surface area contributed by atoms with Crippen molar-refractivity contribution in [2.24, 2.45) is 0 Å². The van der Waals surface area contributed by atoms with Gasteiger partial charge in [-0.2, -0.15) is 0 Å². The number of hydrogen-bond donors (Lipinski definition) is 2. The van der Waals surface area contributed by atoms with E-state index in [4.69, 9.17) is 5.11 Å². The normalized spacial score (nSPS) is 14.6. The van der Waals surface area contributed by atoms with Crippen LogP contribution in [0.3, 0.4) is 0 Å². The molecule has 94 valence electrons. The molecule has 0 spiro atoms. The number of carbonyl (C=O) groups is 1. The van der Waals surface area contributed by atoms with Crippen LogP contribution in [0.4, 0.5) is 0 Å². The molecule has 0 bridgehead atoms. The molecule has 2 N–H and O–H groups in total. The van der Waals surface area contributed by atoms with Gasteiger partial charge in [-0.1, -0.05) is 12.1 Å². The van der Waals surface area contributed by atoms with E-state index in [2.05, 4.69) is 0 Å². The number of aromatic carboxylic acids is 1. The fourth-order valence-corrected chi connectivity index (χ4v) is 1.55. The zero-order valence-electron chi connectivity index (χ0n) is 10.4. The third-order valence-electron chi connectivity index (χ3n) is 3.03. The fraction of sp³-hybridized carbons (Fsp3) is 0.462. The molecule has 0 aliphatic heterocycles. The van der Waals surface area contributed by atoms with E-state index in [0.29, 0.717) is 12.1 Å². The lowest BCUT2D eigenvalue weighted by molar-refractivity contribution is 0.0697. The number of carboxylic acid groups (broad SMARTS) is 1. The van der Waals surface area contributed by atoms with Crippen LogP contribution in [-0.2, 0) is 6.54 Å². The highest BCUT2D eigenvalue weighted by Gasteiger charge is 2.14. The van der Waals surface area contributed by atoms with Crippen LogP contribution >= 0.6 is 0 Å². The summed E-state index contributed by atoms with van der Waals surface area (Å²) < 4.78 is 0. The molecule has 1 aromatic rings. The minimum atomic E-state index is -0.915. The monoisotopic (exact) mass is 237 g/mol. The minimum Gasteiger partial charge on any atom is -0.478 e. The Labute approximate surface area is 101 Å². The first-order valence-electron chi connectivity index (χ1n) is 5.62. The predicted octanol–water partition coefficient (Wildman–Crippen LogP) is 1.59. The summed E-state index contributed by atoms with van der Waals surface area (Å²) in [5.74, 6) is -0.915. The van der Waals surface area contributed by atoms with Gasteiger partial charge in [-0.15, -0.1) is 0 Å². The lowest BCUT2D eigenvalue weighted by Crippen LogP contribution is -2.36. The fourth-order valence-electron chi connectivity index (χ4n) is 1.55. The van der Waals surface area contributed by atoms with Gasteiger partial charge in [0.05, 0.1) is 11.7 Å². The third kappa shape index (κ3) is 3.84. The van der Waals surface area contributed by atoms with Crippen molar-refractivity contribution in [3.05, 3.63) is 35.4 Å². The first-order valence-corrected chi connectivity index (χ1v) is 5.62. The Bertz CT molecular complexity index is 373. The van der Waals surface area contributed by atoms with Gasteiger partial charge < -0.3 is 10.2 Å². The molecule has 0 fully saturated rings. The lowest BCUT2D eigenvalue weighted by Gasteiger charge is -2.26. The maximum atomic E-state index is 10.7. The molecule has 0 aromatic heterocycles. The SMILES string of the molecule is CC(O)C(C)N(C)Cc1ccc(C(=O)O)cc1. The summed E-state index contributed by atoms with van der Waals surface area (Å²) in [5, 5.41) is 18.2. The Morgan fingerprint density at radius 1 is 1.29 bits per heavy atom. The highest BCUT2D eigenvalue weighted by atomic mass is 16.4. The molecule has 1 aromatic carbocycles. The molecule has 0 radical (unpaired) electrons. The van der Waals surface area contributed by atoms with Gasteiger partial charge in [0.2, 0.25) is 0 Å². The average molecular weight is 237 g/mol. The van der Waals surface area contributed by atoms with Crippen molar-refractivity contribution in [2.45, 2.75) is 32.5 Å². The van der Waals surface area contributed by atoms with Crippen molar-refractivity contribution >= 4 is 5.97 Å². The number of hydrogen-bond acceptors (Lipinski definition) is 3. The van der Waals surface area contributed by atoms with E-state index in [1.54, 1.807) is 31.2 Å². The summed E-state index contributed by atoms with van der Waals surface area (Å²) in [6, 6.07) is 6.86. The van der Waals surface area contributed by atoms with E-state index in [1.165, 1.54) is 0 Å². The van der Waals surface area contributed by atoms with Crippen LogP contribution in [0.15, 0.2) is 24.3 Å². The molecule has 0 saturated carbocycles. The second kappa shape index (κ2) is 5.80. The maximum absolute atomic E-state index is 10.7. The molecule has 17 heavy (non-hydrogen) atoms. The second-order valence-electron chi connectivity index (χ2n) is 4.40. The Morgan fingerprint density at radius 3 is 2.24 bits per heavy atom. The highest BCUT2D eigenvalue weighted by molar-refractivity contribution is 5.87. The number of nitrogens with zero attached hydrogens (tertiary/aromatic N) is 1. The smallest absolute Gasteiger partial charge is 0.335 e. The van der Waals surface area contributed by atoms with Crippen LogP contribution < -0.4 is 0 Å². The van der Waals surface area contributed by atoms with Crippen molar-refractivity contribution in [1.29, 1.82) is 0 Å². The summed E-state index contributed by atoms with van der Waals surface area (Å²) in [6.45, 7) is 4.40. The van der Waals surface area contributed by atoms with E-state index in [-0.39, 0.29) is 6.04 Å². The summed E-state index contributed by atoms with van der Waals surface area (Å²) in [7, 11) is 1.93. The van der Waals surface area contributed by atoms with Crippen molar-refractivity contribution in [1.82, 2.24) is 4.90 Å². The topological polar surface area (TPSA) is 60.8 Å². The van der Waals surface area contributed by atoms with Crippen molar-refractivity contribution < 1.29 is 15.0 Å². The van der Waals surface area contributed by atoms with Gasteiger partial charge in [-0.3, -0.25) is 4.90 Å². The van der Waals surface area contributed by atoms with Crippen LogP contribution in [0, 0.1) is 0 Å². The highest BCUT2D eigenvalue weighted by Crippen LogP contribution is 2.10. The van der Waals surface area contributed by atoms with E-state index < -0.39 is 12.1 Å². The minimum absolute atomic E-state index is 0.0640. The largest absolute Gasteiger partial charge is 0.478 e. The molecular weight excluding hydrogens is 218 g/mol. The lowest BCUT2D eigenvalue weighted by atomic mass is 10.1. The Balaban J connectivity index is 2.66. The quantitative estimate of drug-likeness (QED) is 0.816. The standard InChI is InChI=1S/C13H19NO3/c1-9(10(2)15)14(3)8-11-4-6-12(7-5-11)13(16)17/h4-7,9-10,15H,8H2,1-3H3,(H,16,17). The Hall–Kier alpha value is -1.39. The van der Waals surface area contributed by atoms with Crippen LogP contribution in [0.1, 0.15) is 29.8 Å². The van der Waals surface area contributed by atoms with Crippen molar-refractivity contribution in [3.8, 4) is 0 Å². The van der Waals surface area contributed by atoms with Gasteiger partial charge >= 0.3 is 5.97 Å². The number of aliphatic hydroxyl groups excluding tert-OH is 1.